The van der Waals surface area contributed by atoms with Crippen molar-refractivity contribution < 1.29 is 23.8 Å². The van der Waals surface area contributed by atoms with Gasteiger partial charge in [-0.3, -0.25) is 4.79 Å². The molecule has 0 aromatic heterocycles. The zero-order valence-corrected chi connectivity index (χ0v) is 21.6. The molecule has 7 nitrogen and oxygen atoms in total. The lowest BCUT2D eigenvalue weighted by molar-refractivity contribution is -0.141. The lowest BCUT2D eigenvalue weighted by Crippen LogP contribution is -2.29. The molecule has 0 heterocycles. The molecule has 7 heteroatoms. The smallest absolute Gasteiger partial charge is 0.330 e. The quantitative estimate of drug-likeness (QED) is 0.0953. The highest BCUT2D eigenvalue weighted by Crippen LogP contribution is 2.28. The van der Waals surface area contributed by atoms with Gasteiger partial charge in [-0.1, -0.05) is 25.1 Å². The highest BCUT2D eigenvalue weighted by atomic mass is 16.5. The van der Waals surface area contributed by atoms with E-state index in [-0.39, 0.29) is 30.5 Å². The van der Waals surface area contributed by atoms with Gasteiger partial charge in [0.2, 0.25) is 0 Å². The molecule has 1 aliphatic rings. The number of allylic oxidation sites excluding steroid dienone is 1. The van der Waals surface area contributed by atoms with Crippen molar-refractivity contribution in [3.63, 3.8) is 0 Å². The molecule has 0 aliphatic heterocycles. The summed E-state index contributed by atoms with van der Waals surface area (Å²) in [5.74, 6) is -0.300. The van der Waals surface area contributed by atoms with Crippen molar-refractivity contribution in [2.45, 2.75) is 57.5 Å². The minimum absolute atomic E-state index is 0.0398. The van der Waals surface area contributed by atoms with Crippen LogP contribution in [0.25, 0.3) is 6.08 Å². The molecule has 3 rings (SSSR count). The number of hydrogen-bond acceptors (Lipinski definition) is 7. The first-order valence-electron chi connectivity index (χ1n) is 12.9. The molecule has 198 valence electrons. The molecule has 2 aromatic carbocycles. The molecule has 1 unspecified atom stereocenters. The Labute approximate surface area is 219 Å². The number of rotatable bonds is 12. The molecule has 1 fully saturated rings. The Bertz CT molecular complexity index is 1050. The molecular formula is C30H38N2O5. The summed E-state index contributed by atoms with van der Waals surface area (Å²) in [5.41, 5.74) is 14.5. The number of benzene rings is 2. The molecule has 1 saturated carbocycles. The van der Waals surface area contributed by atoms with Crippen LogP contribution in [0.1, 0.15) is 62.5 Å². The maximum atomic E-state index is 12.6. The highest BCUT2D eigenvalue weighted by molar-refractivity contribution is 5.87. The summed E-state index contributed by atoms with van der Waals surface area (Å²) in [7, 11) is 0. The summed E-state index contributed by atoms with van der Waals surface area (Å²) in [6, 6.07) is 12.4. The van der Waals surface area contributed by atoms with Crippen LogP contribution < -0.4 is 16.2 Å². The van der Waals surface area contributed by atoms with Crippen LogP contribution in [0.15, 0.2) is 61.2 Å². The third kappa shape index (κ3) is 9.42. The zero-order chi connectivity index (χ0) is 26.6. The van der Waals surface area contributed by atoms with Gasteiger partial charge in [-0.2, -0.15) is 0 Å². The van der Waals surface area contributed by atoms with Crippen LogP contribution in [0.4, 0.5) is 11.4 Å². The molecule has 1 atom stereocenters. The van der Waals surface area contributed by atoms with Gasteiger partial charge in [0, 0.05) is 30.0 Å². The molecule has 2 aromatic rings. The van der Waals surface area contributed by atoms with Crippen molar-refractivity contribution >= 4 is 29.4 Å². The van der Waals surface area contributed by atoms with Crippen molar-refractivity contribution in [2.24, 2.45) is 5.92 Å². The zero-order valence-electron chi connectivity index (χ0n) is 21.6. The lowest BCUT2D eigenvalue weighted by Gasteiger charge is -2.27. The SMILES string of the molecule is C=CCCCOC1CCC(C(=O)Oc2ccc(C=CC(=O)OCC(C)c3cc(N)cc(N)c3)cc2)CC1. The Hall–Kier alpha value is -3.58. The Morgan fingerprint density at radius 1 is 1.05 bits per heavy atom. The van der Waals surface area contributed by atoms with Gasteiger partial charge in [-0.25, -0.2) is 4.79 Å². The first-order chi connectivity index (χ1) is 17.8. The predicted octanol–water partition coefficient (Wildman–Crippen LogP) is 5.66. The van der Waals surface area contributed by atoms with Crippen LogP contribution in [0.2, 0.25) is 0 Å². The van der Waals surface area contributed by atoms with Crippen molar-refractivity contribution in [3.8, 4) is 5.75 Å². The number of carbonyl (C=O) groups is 2. The summed E-state index contributed by atoms with van der Waals surface area (Å²) in [5, 5.41) is 0. The van der Waals surface area contributed by atoms with Crippen LogP contribution in [0.5, 0.6) is 5.75 Å². The minimum atomic E-state index is -0.445. The van der Waals surface area contributed by atoms with Crippen LogP contribution in [-0.4, -0.2) is 31.3 Å². The second kappa shape index (κ2) is 14.2. The minimum Gasteiger partial charge on any atom is -0.462 e. The van der Waals surface area contributed by atoms with Gasteiger partial charge >= 0.3 is 11.9 Å². The largest absolute Gasteiger partial charge is 0.462 e. The van der Waals surface area contributed by atoms with E-state index in [1.165, 1.54) is 6.08 Å². The molecule has 37 heavy (non-hydrogen) atoms. The van der Waals surface area contributed by atoms with Gasteiger partial charge in [0.25, 0.3) is 0 Å². The first kappa shape index (κ1) is 28.0. The van der Waals surface area contributed by atoms with Crippen molar-refractivity contribution in [1.82, 2.24) is 0 Å². The number of unbranched alkanes of at least 4 members (excludes halogenated alkanes) is 1. The van der Waals surface area contributed by atoms with Gasteiger partial charge in [-0.15, -0.1) is 6.58 Å². The van der Waals surface area contributed by atoms with E-state index in [2.05, 4.69) is 6.58 Å². The molecule has 0 amide bonds. The van der Waals surface area contributed by atoms with Crippen LogP contribution >= 0.6 is 0 Å². The predicted molar refractivity (Wildman–Crippen MR) is 147 cm³/mol. The van der Waals surface area contributed by atoms with E-state index in [9.17, 15) is 9.59 Å². The van der Waals surface area contributed by atoms with E-state index in [0.717, 1.165) is 56.3 Å². The topological polar surface area (TPSA) is 114 Å². The first-order valence-corrected chi connectivity index (χ1v) is 12.9. The monoisotopic (exact) mass is 506 g/mol. The van der Waals surface area contributed by atoms with Gasteiger partial charge < -0.3 is 25.7 Å². The summed E-state index contributed by atoms with van der Waals surface area (Å²) in [4.78, 5) is 24.7. The fraction of sp³-hybridized carbons (Fsp3) is 0.400. The van der Waals surface area contributed by atoms with E-state index >= 15 is 0 Å². The number of nitrogens with two attached hydrogens (primary N) is 2. The Morgan fingerprint density at radius 2 is 1.73 bits per heavy atom. The third-order valence-electron chi connectivity index (χ3n) is 6.47. The molecule has 0 spiro atoms. The fourth-order valence-electron chi connectivity index (χ4n) is 4.29. The molecule has 1 aliphatic carbocycles. The Morgan fingerprint density at radius 3 is 2.38 bits per heavy atom. The second-order valence-corrected chi connectivity index (χ2v) is 9.56. The molecular weight excluding hydrogens is 468 g/mol. The summed E-state index contributed by atoms with van der Waals surface area (Å²) in [6.07, 6.45) is 10.4. The fourth-order valence-corrected chi connectivity index (χ4v) is 4.29. The number of ether oxygens (including phenoxy) is 3. The maximum absolute atomic E-state index is 12.6. The number of carbonyl (C=O) groups excluding carboxylic acids is 2. The maximum Gasteiger partial charge on any atom is 0.330 e. The standard InChI is InChI=1S/C30H38N2O5/c1-3-4-5-16-35-27-13-9-23(10-14-27)30(34)37-28-11-6-22(7-12-28)8-15-29(33)36-20-21(2)24-17-25(31)19-26(32)18-24/h3,6-8,11-12,15,17-19,21,23,27H,1,4-5,9-10,13-14,16,20,31-32H2,2H3. The van der Waals surface area contributed by atoms with E-state index in [1.807, 2.05) is 25.1 Å². The van der Waals surface area contributed by atoms with E-state index in [4.69, 9.17) is 25.7 Å². The van der Waals surface area contributed by atoms with Crippen LogP contribution in [0.3, 0.4) is 0 Å². The van der Waals surface area contributed by atoms with Crippen molar-refractivity contribution in [3.05, 3.63) is 72.3 Å². The van der Waals surface area contributed by atoms with Crippen LogP contribution in [0, 0.1) is 5.92 Å². The molecule has 4 N–H and O–H groups in total. The van der Waals surface area contributed by atoms with Gasteiger partial charge in [0.15, 0.2) is 0 Å². The number of esters is 2. The third-order valence-corrected chi connectivity index (χ3v) is 6.47. The van der Waals surface area contributed by atoms with E-state index in [1.54, 1.807) is 36.4 Å². The Balaban J connectivity index is 1.39. The number of nitrogen functional groups attached to an aromatic ring is 2. The lowest BCUT2D eigenvalue weighted by atomic mass is 9.87. The van der Waals surface area contributed by atoms with E-state index < -0.39 is 5.97 Å². The van der Waals surface area contributed by atoms with Crippen molar-refractivity contribution in [2.75, 3.05) is 24.7 Å². The molecule has 0 radical (unpaired) electrons. The molecule has 0 bridgehead atoms. The summed E-state index contributed by atoms with van der Waals surface area (Å²) >= 11 is 0. The van der Waals surface area contributed by atoms with Crippen LogP contribution in [-0.2, 0) is 19.1 Å². The van der Waals surface area contributed by atoms with Gasteiger partial charge in [-0.05, 0) is 86.1 Å². The van der Waals surface area contributed by atoms with Gasteiger partial charge in [0.1, 0.15) is 5.75 Å². The Kier molecular flexibility index (Phi) is 10.8. The summed E-state index contributed by atoms with van der Waals surface area (Å²) in [6.45, 7) is 6.61. The number of anilines is 2. The van der Waals surface area contributed by atoms with Gasteiger partial charge in [0.05, 0.1) is 18.6 Å². The second-order valence-electron chi connectivity index (χ2n) is 9.56. The van der Waals surface area contributed by atoms with Crippen molar-refractivity contribution in [1.29, 1.82) is 0 Å². The number of hydrogen-bond donors (Lipinski definition) is 2. The summed E-state index contributed by atoms with van der Waals surface area (Å²) < 4.78 is 16.8. The molecule has 0 saturated heterocycles. The normalized spacial score (nSPS) is 18.3. The highest BCUT2D eigenvalue weighted by Gasteiger charge is 2.28. The average Bonchev–Trinajstić information content (AvgIpc) is 2.89. The average molecular weight is 507 g/mol. The van der Waals surface area contributed by atoms with E-state index in [0.29, 0.717) is 17.1 Å².